The highest BCUT2D eigenvalue weighted by molar-refractivity contribution is 7.86. The molecule has 0 aromatic heterocycles. The first kappa shape index (κ1) is 32.7. The van der Waals surface area contributed by atoms with Crippen LogP contribution in [0.25, 0.3) is 0 Å². The molecule has 0 bridgehead atoms. The van der Waals surface area contributed by atoms with Crippen LogP contribution in [0.15, 0.2) is 120 Å². The number of esters is 2. The van der Waals surface area contributed by atoms with Gasteiger partial charge in [-0.3, -0.25) is 19.6 Å². The van der Waals surface area contributed by atoms with Crippen LogP contribution in [0.2, 0.25) is 0 Å². The second-order valence-corrected chi connectivity index (χ2v) is 11.5. The van der Waals surface area contributed by atoms with Gasteiger partial charge in [-0.1, -0.05) is 54.6 Å². The standard InChI is InChI=1S/C32H26N2O12S/c35-29(21-10-4-1-5-11-21)42-20-26-27(44-30(36)22-12-6-2-7-13-22)28(31(43-26)45-32(37)33-23-14-8-3-9-15-23)46-47(40,41)25-18-16-24(17-19-25)34(38)39/h1-19,26-28,31H,20H2,(H,33,37)/t26-,27-,28-,31-/m0/s1. The van der Waals surface area contributed by atoms with Gasteiger partial charge >= 0.3 is 18.0 Å². The molecular formula is C32H26N2O12S. The van der Waals surface area contributed by atoms with Gasteiger partial charge in [0.15, 0.2) is 12.2 Å². The van der Waals surface area contributed by atoms with E-state index in [1.54, 1.807) is 66.7 Å². The van der Waals surface area contributed by atoms with Crippen molar-refractivity contribution in [3.8, 4) is 0 Å². The van der Waals surface area contributed by atoms with E-state index in [1.807, 2.05) is 0 Å². The fraction of sp³-hybridized carbons (Fsp3) is 0.156. The monoisotopic (exact) mass is 662 g/mol. The number of ether oxygens (including phenoxy) is 4. The molecule has 4 aromatic rings. The average molecular weight is 663 g/mol. The quantitative estimate of drug-likeness (QED) is 0.0766. The zero-order valence-corrected chi connectivity index (χ0v) is 25.1. The van der Waals surface area contributed by atoms with Crippen molar-refractivity contribution < 1.29 is 50.9 Å². The molecule has 1 aliphatic rings. The maximum atomic E-state index is 13.4. The number of anilines is 1. The Morgan fingerprint density at radius 3 is 1.87 bits per heavy atom. The molecule has 4 atom stereocenters. The number of rotatable bonds is 11. The first-order chi connectivity index (χ1) is 22.6. The summed E-state index contributed by atoms with van der Waals surface area (Å²) in [7, 11) is -4.76. The molecule has 1 amide bonds. The number of nitrogens with one attached hydrogen (secondary N) is 1. The molecule has 0 spiro atoms. The Morgan fingerprint density at radius 1 is 0.745 bits per heavy atom. The summed E-state index contributed by atoms with van der Waals surface area (Å²) in [5.41, 5.74) is 0.261. The van der Waals surface area contributed by atoms with Gasteiger partial charge in [0.05, 0.1) is 20.9 Å². The van der Waals surface area contributed by atoms with Crippen LogP contribution in [0.1, 0.15) is 20.7 Å². The third-order valence-electron chi connectivity index (χ3n) is 6.73. The summed E-state index contributed by atoms with van der Waals surface area (Å²) < 4.78 is 54.6. The van der Waals surface area contributed by atoms with E-state index in [0.717, 1.165) is 24.3 Å². The van der Waals surface area contributed by atoms with Crippen molar-refractivity contribution in [2.75, 3.05) is 11.9 Å². The number of non-ortho nitro benzene ring substituents is 1. The smallest absolute Gasteiger partial charge is 0.414 e. The molecule has 47 heavy (non-hydrogen) atoms. The predicted octanol–water partition coefficient (Wildman–Crippen LogP) is 4.72. The summed E-state index contributed by atoms with van der Waals surface area (Å²) in [5.74, 6) is -1.67. The van der Waals surface area contributed by atoms with Crippen molar-refractivity contribution in [2.24, 2.45) is 0 Å². The zero-order chi connectivity index (χ0) is 33.4. The average Bonchev–Trinajstić information content (AvgIpc) is 3.38. The Balaban J connectivity index is 1.46. The molecule has 15 heteroatoms. The van der Waals surface area contributed by atoms with Crippen LogP contribution in [-0.4, -0.2) is 62.6 Å². The highest BCUT2D eigenvalue weighted by atomic mass is 32.2. The Morgan fingerprint density at radius 2 is 1.30 bits per heavy atom. The normalized spacial score (nSPS) is 18.9. The lowest BCUT2D eigenvalue weighted by Crippen LogP contribution is -2.43. The summed E-state index contributed by atoms with van der Waals surface area (Å²) >= 11 is 0. The van der Waals surface area contributed by atoms with Crippen molar-refractivity contribution >= 4 is 39.5 Å². The van der Waals surface area contributed by atoms with Crippen molar-refractivity contribution in [3.05, 3.63) is 137 Å². The van der Waals surface area contributed by atoms with Crippen molar-refractivity contribution in [2.45, 2.75) is 29.5 Å². The van der Waals surface area contributed by atoms with Crippen LogP contribution >= 0.6 is 0 Å². The predicted molar refractivity (Wildman–Crippen MR) is 163 cm³/mol. The third kappa shape index (κ3) is 8.35. The highest BCUT2D eigenvalue weighted by Crippen LogP contribution is 2.32. The number of nitrogens with zero attached hydrogens (tertiary/aromatic N) is 1. The first-order valence-corrected chi connectivity index (χ1v) is 15.4. The zero-order valence-electron chi connectivity index (χ0n) is 24.2. The summed E-state index contributed by atoms with van der Waals surface area (Å²) in [4.78, 5) is 48.7. The molecule has 242 valence electrons. The van der Waals surface area contributed by atoms with Gasteiger partial charge in [0, 0.05) is 17.8 Å². The van der Waals surface area contributed by atoms with E-state index in [4.69, 9.17) is 23.1 Å². The third-order valence-corrected chi connectivity index (χ3v) is 8.05. The molecule has 1 N–H and O–H groups in total. The number of nitro groups is 1. The van der Waals surface area contributed by atoms with Crippen molar-refractivity contribution in [1.82, 2.24) is 0 Å². The van der Waals surface area contributed by atoms with Crippen LogP contribution in [0.5, 0.6) is 0 Å². The molecule has 14 nitrogen and oxygen atoms in total. The van der Waals surface area contributed by atoms with Crippen LogP contribution in [0.3, 0.4) is 0 Å². The van der Waals surface area contributed by atoms with Crippen LogP contribution in [-0.2, 0) is 33.2 Å². The number of amides is 1. The van der Waals surface area contributed by atoms with E-state index in [2.05, 4.69) is 5.32 Å². The molecule has 1 aliphatic heterocycles. The van der Waals surface area contributed by atoms with Gasteiger partial charge in [0.1, 0.15) is 12.7 Å². The van der Waals surface area contributed by atoms with Crippen molar-refractivity contribution in [3.63, 3.8) is 0 Å². The molecule has 4 aromatic carbocycles. The van der Waals surface area contributed by atoms with Crippen LogP contribution in [0.4, 0.5) is 16.2 Å². The Labute approximate surface area is 268 Å². The second kappa shape index (κ2) is 14.6. The van der Waals surface area contributed by atoms with Gasteiger partial charge in [-0.05, 0) is 48.5 Å². The van der Waals surface area contributed by atoms with Gasteiger partial charge in [-0.25, -0.2) is 14.4 Å². The molecule has 0 radical (unpaired) electrons. The maximum Gasteiger partial charge on any atom is 0.414 e. The van der Waals surface area contributed by atoms with Gasteiger partial charge in [-0.2, -0.15) is 8.42 Å². The lowest BCUT2D eigenvalue weighted by atomic mass is 10.1. The number of carbonyl (C=O) groups excluding carboxylic acids is 3. The number of benzene rings is 4. The highest BCUT2D eigenvalue weighted by Gasteiger charge is 2.53. The van der Waals surface area contributed by atoms with Gasteiger partial charge in [-0.15, -0.1) is 0 Å². The lowest BCUT2D eigenvalue weighted by molar-refractivity contribution is -0.384. The van der Waals surface area contributed by atoms with E-state index < -0.39 is 69.2 Å². The van der Waals surface area contributed by atoms with E-state index in [9.17, 15) is 32.9 Å². The Kier molecular flexibility index (Phi) is 10.2. The van der Waals surface area contributed by atoms with Crippen LogP contribution < -0.4 is 5.32 Å². The number of carbonyl (C=O) groups is 3. The fourth-order valence-electron chi connectivity index (χ4n) is 4.46. The van der Waals surface area contributed by atoms with E-state index in [1.165, 1.54) is 24.3 Å². The number of hydrogen-bond acceptors (Lipinski definition) is 12. The first-order valence-electron chi connectivity index (χ1n) is 13.9. The second-order valence-electron chi connectivity index (χ2n) is 9.91. The molecule has 1 fully saturated rings. The lowest BCUT2D eigenvalue weighted by Gasteiger charge is -2.24. The topological polar surface area (TPSA) is 187 Å². The number of para-hydroxylation sites is 1. The van der Waals surface area contributed by atoms with Gasteiger partial charge in [0.2, 0.25) is 6.29 Å². The minimum absolute atomic E-state index is 0.0932. The molecule has 1 heterocycles. The van der Waals surface area contributed by atoms with Crippen LogP contribution in [0, 0.1) is 10.1 Å². The molecule has 0 aliphatic carbocycles. The fourth-order valence-corrected chi connectivity index (χ4v) is 5.53. The summed E-state index contributed by atoms with van der Waals surface area (Å²) in [5, 5.41) is 13.6. The van der Waals surface area contributed by atoms with Gasteiger partial charge < -0.3 is 18.9 Å². The summed E-state index contributed by atoms with van der Waals surface area (Å²) in [6, 6.07) is 27.7. The molecule has 0 saturated carbocycles. The Hall–Kier alpha value is -5.64. The van der Waals surface area contributed by atoms with E-state index in [0.29, 0.717) is 5.69 Å². The Bertz CT molecular complexity index is 1820. The van der Waals surface area contributed by atoms with E-state index >= 15 is 0 Å². The minimum atomic E-state index is -4.76. The largest absolute Gasteiger partial charge is 0.459 e. The van der Waals surface area contributed by atoms with E-state index in [-0.39, 0.29) is 16.8 Å². The van der Waals surface area contributed by atoms with Crippen molar-refractivity contribution in [1.29, 1.82) is 0 Å². The summed E-state index contributed by atoms with van der Waals surface area (Å²) in [6.07, 6.45) is -7.72. The number of nitro benzene ring substituents is 1. The van der Waals surface area contributed by atoms with Gasteiger partial charge in [0.25, 0.3) is 15.8 Å². The number of hydrogen-bond donors (Lipinski definition) is 1. The molecule has 5 rings (SSSR count). The minimum Gasteiger partial charge on any atom is -0.459 e. The molecular weight excluding hydrogens is 636 g/mol. The molecule has 1 saturated heterocycles. The maximum absolute atomic E-state index is 13.4. The SMILES string of the molecule is O=C(Nc1ccccc1)O[C@@H]1O[C@@H](COC(=O)c2ccccc2)[C@H](OC(=O)c2ccccc2)[C@@H]1OS(=O)(=O)c1ccc([N+](=O)[O-])cc1. The summed E-state index contributed by atoms with van der Waals surface area (Å²) in [6.45, 7) is -0.571. The molecule has 0 unspecified atom stereocenters.